The van der Waals surface area contributed by atoms with Crippen LogP contribution < -0.4 is 5.32 Å². The van der Waals surface area contributed by atoms with Crippen molar-refractivity contribution in [3.05, 3.63) is 72.9 Å². The number of hydrogen-bond acceptors (Lipinski definition) is 3. The fraction of sp³-hybridized carbons (Fsp3) is 0. The Kier molecular flexibility index (Phi) is 3.37. The summed E-state index contributed by atoms with van der Waals surface area (Å²) in [5, 5.41) is 3.15. The molecule has 1 N–H and O–H groups in total. The molecule has 0 saturated heterocycles. The normalized spacial score (nSPS) is 10.2. The van der Waals surface area contributed by atoms with Gasteiger partial charge in [-0.25, -0.2) is 9.37 Å². The van der Waals surface area contributed by atoms with Crippen molar-refractivity contribution in [2.24, 2.45) is 0 Å². The molecule has 4 heteroatoms. The van der Waals surface area contributed by atoms with Gasteiger partial charge in [-0.05, 0) is 59.7 Å². The molecule has 0 unspecified atom stereocenters. The van der Waals surface area contributed by atoms with Gasteiger partial charge in [0.15, 0.2) is 0 Å². The van der Waals surface area contributed by atoms with Crippen LogP contribution in [0.2, 0.25) is 0 Å². The van der Waals surface area contributed by atoms with Crippen LogP contribution in [0, 0.1) is 5.82 Å². The predicted octanol–water partition coefficient (Wildman–Crippen LogP) is 4.03. The van der Waals surface area contributed by atoms with E-state index in [4.69, 9.17) is 0 Å². The van der Waals surface area contributed by atoms with Gasteiger partial charge >= 0.3 is 0 Å². The average Bonchev–Trinajstić information content (AvgIpc) is 2.51. The fourth-order valence-electron chi connectivity index (χ4n) is 1.90. The molecule has 98 valence electrons. The first-order chi connectivity index (χ1) is 9.81. The zero-order valence-electron chi connectivity index (χ0n) is 10.6. The van der Waals surface area contributed by atoms with Crippen LogP contribution in [0.1, 0.15) is 0 Å². The van der Waals surface area contributed by atoms with E-state index in [0.29, 0.717) is 5.82 Å². The largest absolute Gasteiger partial charge is 0.340 e. The summed E-state index contributed by atoms with van der Waals surface area (Å²) >= 11 is 0. The Balaban J connectivity index is 1.86. The molecule has 2 heterocycles. The Hall–Kier alpha value is -2.75. The monoisotopic (exact) mass is 265 g/mol. The number of rotatable bonds is 3. The lowest BCUT2D eigenvalue weighted by Crippen LogP contribution is -1.93. The predicted molar refractivity (Wildman–Crippen MR) is 77.2 cm³/mol. The van der Waals surface area contributed by atoms with Gasteiger partial charge in [0.1, 0.15) is 11.6 Å². The minimum Gasteiger partial charge on any atom is -0.340 e. The second-order valence-electron chi connectivity index (χ2n) is 4.30. The van der Waals surface area contributed by atoms with Gasteiger partial charge in [0.25, 0.3) is 0 Å². The Labute approximate surface area is 116 Å². The van der Waals surface area contributed by atoms with Gasteiger partial charge in [-0.15, -0.1) is 0 Å². The van der Waals surface area contributed by atoms with E-state index in [-0.39, 0.29) is 5.82 Å². The molecule has 2 aromatic heterocycles. The quantitative estimate of drug-likeness (QED) is 0.777. The molecule has 0 radical (unpaired) electrons. The summed E-state index contributed by atoms with van der Waals surface area (Å²) in [4.78, 5) is 8.26. The van der Waals surface area contributed by atoms with E-state index in [0.717, 1.165) is 16.8 Å². The van der Waals surface area contributed by atoms with E-state index in [9.17, 15) is 4.39 Å². The molecular formula is C16H12FN3. The molecular weight excluding hydrogens is 253 g/mol. The van der Waals surface area contributed by atoms with Crippen LogP contribution in [-0.4, -0.2) is 9.97 Å². The summed E-state index contributed by atoms with van der Waals surface area (Å²) in [6.07, 6.45) is 5.24. The second-order valence-corrected chi connectivity index (χ2v) is 4.30. The SMILES string of the molecule is Fc1ccc(Nc2cc(-c3ccncc3)ccn2)cc1. The lowest BCUT2D eigenvalue weighted by molar-refractivity contribution is 0.628. The van der Waals surface area contributed by atoms with Crippen molar-refractivity contribution in [2.75, 3.05) is 5.32 Å². The van der Waals surface area contributed by atoms with Gasteiger partial charge in [0.05, 0.1) is 0 Å². The highest BCUT2D eigenvalue weighted by molar-refractivity contribution is 5.68. The third-order valence-corrected chi connectivity index (χ3v) is 2.89. The van der Waals surface area contributed by atoms with E-state index in [2.05, 4.69) is 15.3 Å². The summed E-state index contributed by atoms with van der Waals surface area (Å²) in [6.45, 7) is 0. The summed E-state index contributed by atoms with van der Waals surface area (Å²) in [5.74, 6) is 0.458. The molecule has 0 fully saturated rings. The third-order valence-electron chi connectivity index (χ3n) is 2.89. The first-order valence-corrected chi connectivity index (χ1v) is 6.20. The molecule has 1 aromatic carbocycles. The number of nitrogens with one attached hydrogen (secondary N) is 1. The standard InChI is InChI=1S/C16H12FN3/c17-14-1-3-15(4-2-14)20-16-11-13(7-10-19-16)12-5-8-18-9-6-12/h1-11H,(H,19,20). The number of pyridine rings is 2. The molecule has 20 heavy (non-hydrogen) atoms. The Morgan fingerprint density at radius 3 is 2.25 bits per heavy atom. The highest BCUT2D eigenvalue weighted by Crippen LogP contribution is 2.22. The molecule has 3 rings (SSSR count). The molecule has 3 nitrogen and oxygen atoms in total. The fourth-order valence-corrected chi connectivity index (χ4v) is 1.90. The first-order valence-electron chi connectivity index (χ1n) is 6.20. The highest BCUT2D eigenvalue weighted by Gasteiger charge is 2.01. The van der Waals surface area contributed by atoms with Crippen LogP contribution in [0.4, 0.5) is 15.9 Å². The van der Waals surface area contributed by atoms with Crippen LogP contribution in [0.5, 0.6) is 0 Å². The highest BCUT2D eigenvalue weighted by atomic mass is 19.1. The van der Waals surface area contributed by atoms with E-state index in [1.807, 2.05) is 24.3 Å². The van der Waals surface area contributed by atoms with Gasteiger partial charge in [0, 0.05) is 24.3 Å². The topological polar surface area (TPSA) is 37.8 Å². The lowest BCUT2D eigenvalue weighted by Gasteiger charge is -2.07. The lowest BCUT2D eigenvalue weighted by atomic mass is 10.1. The van der Waals surface area contributed by atoms with Crippen molar-refractivity contribution in [3.8, 4) is 11.1 Å². The van der Waals surface area contributed by atoms with Gasteiger partial charge in [0.2, 0.25) is 0 Å². The average molecular weight is 265 g/mol. The minimum atomic E-state index is -0.256. The van der Waals surface area contributed by atoms with Gasteiger partial charge in [-0.1, -0.05) is 0 Å². The number of hydrogen-bond donors (Lipinski definition) is 1. The summed E-state index contributed by atoms with van der Waals surface area (Å²) in [5.41, 5.74) is 2.92. The van der Waals surface area contributed by atoms with Crippen LogP contribution in [0.25, 0.3) is 11.1 Å². The zero-order chi connectivity index (χ0) is 13.8. The van der Waals surface area contributed by atoms with Crippen LogP contribution in [0.3, 0.4) is 0 Å². The minimum absolute atomic E-state index is 0.256. The smallest absolute Gasteiger partial charge is 0.130 e. The number of halogens is 1. The Morgan fingerprint density at radius 1 is 0.800 bits per heavy atom. The maximum Gasteiger partial charge on any atom is 0.130 e. The first kappa shape index (κ1) is 12.3. The number of aromatic nitrogens is 2. The van der Waals surface area contributed by atoms with E-state index >= 15 is 0 Å². The van der Waals surface area contributed by atoms with E-state index in [1.54, 1.807) is 30.7 Å². The number of nitrogens with zero attached hydrogens (tertiary/aromatic N) is 2. The number of anilines is 2. The maximum atomic E-state index is 12.9. The molecule has 0 spiro atoms. The van der Waals surface area contributed by atoms with Crippen molar-refractivity contribution in [3.63, 3.8) is 0 Å². The van der Waals surface area contributed by atoms with Gasteiger partial charge in [-0.2, -0.15) is 0 Å². The van der Waals surface area contributed by atoms with Crippen LogP contribution in [-0.2, 0) is 0 Å². The molecule has 0 saturated carbocycles. The maximum absolute atomic E-state index is 12.9. The summed E-state index contributed by atoms with van der Waals surface area (Å²) < 4.78 is 12.9. The zero-order valence-corrected chi connectivity index (χ0v) is 10.6. The molecule has 0 aliphatic carbocycles. The molecule has 3 aromatic rings. The van der Waals surface area contributed by atoms with E-state index in [1.165, 1.54) is 12.1 Å². The molecule has 0 aliphatic rings. The van der Waals surface area contributed by atoms with E-state index < -0.39 is 0 Å². The van der Waals surface area contributed by atoms with Crippen LogP contribution >= 0.6 is 0 Å². The molecule has 0 bridgehead atoms. The Bertz CT molecular complexity index is 696. The Morgan fingerprint density at radius 2 is 1.50 bits per heavy atom. The molecule has 0 amide bonds. The van der Waals surface area contributed by atoms with Crippen molar-refractivity contribution in [1.82, 2.24) is 9.97 Å². The van der Waals surface area contributed by atoms with Crippen molar-refractivity contribution in [1.29, 1.82) is 0 Å². The van der Waals surface area contributed by atoms with Crippen molar-refractivity contribution < 1.29 is 4.39 Å². The molecule has 0 atom stereocenters. The molecule has 0 aliphatic heterocycles. The van der Waals surface area contributed by atoms with Crippen molar-refractivity contribution >= 4 is 11.5 Å². The van der Waals surface area contributed by atoms with Crippen molar-refractivity contribution in [2.45, 2.75) is 0 Å². The second kappa shape index (κ2) is 5.48. The van der Waals surface area contributed by atoms with Gasteiger partial charge in [-0.3, -0.25) is 4.98 Å². The van der Waals surface area contributed by atoms with Crippen LogP contribution in [0.15, 0.2) is 67.1 Å². The van der Waals surface area contributed by atoms with Gasteiger partial charge < -0.3 is 5.32 Å². The summed E-state index contributed by atoms with van der Waals surface area (Å²) in [6, 6.07) is 13.9. The summed E-state index contributed by atoms with van der Waals surface area (Å²) in [7, 11) is 0. The third kappa shape index (κ3) is 2.80. The number of benzene rings is 1.